The van der Waals surface area contributed by atoms with Crippen LogP contribution in [-0.2, 0) is 24.7 Å². The summed E-state index contributed by atoms with van der Waals surface area (Å²) in [5, 5.41) is 3.77. The first kappa shape index (κ1) is 14.4. The fourth-order valence-corrected chi connectivity index (χ4v) is 5.69. The molecule has 5 heteroatoms. The minimum absolute atomic E-state index is 0.00429. The van der Waals surface area contributed by atoms with E-state index in [1.165, 1.54) is 33.9 Å². The van der Waals surface area contributed by atoms with Crippen LogP contribution >= 0.6 is 22.7 Å². The minimum Gasteiger partial charge on any atom is -0.297 e. The monoisotopic (exact) mass is 332 g/mol. The highest BCUT2D eigenvalue weighted by Crippen LogP contribution is 2.42. The topological polar surface area (TPSA) is 42.0 Å². The van der Waals surface area contributed by atoms with Gasteiger partial charge in [0, 0.05) is 15.2 Å². The van der Waals surface area contributed by atoms with Crippen molar-refractivity contribution in [1.29, 1.82) is 0 Å². The standard InChI is InChI=1S/C17H20N2OS2/c1-17(2)8-7-12-14(17)18-16(22-12)19-15(20)13-9-10-5-3-4-6-11(10)21-13/h9H,3-8H2,1-2H3,(H,18,19,20). The van der Waals surface area contributed by atoms with E-state index in [1.54, 1.807) is 22.7 Å². The molecule has 0 aliphatic heterocycles. The third kappa shape index (κ3) is 2.40. The maximum absolute atomic E-state index is 12.5. The summed E-state index contributed by atoms with van der Waals surface area (Å²) in [5.41, 5.74) is 2.71. The van der Waals surface area contributed by atoms with Crippen LogP contribution in [0.4, 0.5) is 5.13 Å². The molecule has 0 aromatic carbocycles. The Morgan fingerprint density at radius 2 is 2.00 bits per heavy atom. The highest BCUT2D eigenvalue weighted by atomic mass is 32.1. The van der Waals surface area contributed by atoms with Gasteiger partial charge in [0.05, 0.1) is 10.6 Å². The van der Waals surface area contributed by atoms with E-state index in [-0.39, 0.29) is 11.3 Å². The van der Waals surface area contributed by atoms with Gasteiger partial charge in [0.2, 0.25) is 0 Å². The number of hydrogen-bond donors (Lipinski definition) is 1. The second-order valence-corrected chi connectivity index (χ2v) is 9.12. The van der Waals surface area contributed by atoms with Crippen LogP contribution in [0, 0.1) is 0 Å². The number of hydrogen-bond acceptors (Lipinski definition) is 4. The molecule has 2 heterocycles. The van der Waals surface area contributed by atoms with E-state index in [0.717, 1.165) is 35.7 Å². The average molecular weight is 332 g/mol. The van der Waals surface area contributed by atoms with Crippen LogP contribution in [0.5, 0.6) is 0 Å². The van der Waals surface area contributed by atoms with E-state index < -0.39 is 0 Å². The van der Waals surface area contributed by atoms with Gasteiger partial charge in [-0.1, -0.05) is 13.8 Å². The first-order chi connectivity index (χ1) is 10.5. The molecule has 0 bridgehead atoms. The minimum atomic E-state index is 0.00429. The number of aromatic nitrogens is 1. The lowest BCUT2D eigenvalue weighted by molar-refractivity contribution is 0.103. The second kappa shape index (κ2) is 5.17. The Balaban J connectivity index is 1.54. The molecule has 3 nitrogen and oxygen atoms in total. The van der Waals surface area contributed by atoms with Crippen LogP contribution in [-0.4, -0.2) is 10.9 Å². The molecule has 116 valence electrons. The number of nitrogens with one attached hydrogen (secondary N) is 1. The SMILES string of the molecule is CC1(C)CCc2sc(NC(=O)c3cc4c(s3)CCCC4)nc21. The van der Waals surface area contributed by atoms with Crippen LogP contribution in [0.15, 0.2) is 6.07 Å². The molecular weight excluding hydrogens is 312 g/mol. The number of nitrogens with zero attached hydrogens (tertiary/aromatic N) is 1. The van der Waals surface area contributed by atoms with Gasteiger partial charge < -0.3 is 0 Å². The summed E-state index contributed by atoms with van der Waals surface area (Å²) >= 11 is 3.30. The van der Waals surface area contributed by atoms with Crippen LogP contribution in [0.25, 0.3) is 0 Å². The molecule has 1 amide bonds. The lowest BCUT2D eigenvalue weighted by atomic mass is 9.91. The first-order valence-electron chi connectivity index (χ1n) is 7.96. The largest absolute Gasteiger partial charge is 0.297 e. The third-order valence-corrected chi connectivity index (χ3v) is 7.02. The van der Waals surface area contributed by atoms with Crippen molar-refractivity contribution in [3.63, 3.8) is 0 Å². The quantitative estimate of drug-likeness (QED) is 0.876. The van der Waals surface area contributed by atoms with Gasteiger partial charge in [0.25, 0.3) is 5.91 Å². The van der Waals surface area contributed by atoms with Crippen molar-refractivity contribution in [2.24, 2.45) is 0 Å². The summed E-state index contributed by atoms with van der Waals surface area (Å²) < 4.78 is 0. The lowest BCUT2D eigenvalue weighted by Crippen LogP contribution is -2.14. The Bertz CT molecular complexity index is 718. The molecule has 0 spiro atoms. The van der Waals surface area contributed by atoms with Crippen LogP contribution in [0.2, 0.25) is 0 Å². The van der Waals surface area contributed by atoms with E-state index in [4.69, 9.17) is 0 Å². The Labute approximate surface area is 138 Å². The number of thiazole rings is 1. The molecule has 0 atom stereocenters. The van der Waals surface area contributed by atoms with Gasteiger partial charge >= 0.3 is 0 Å². The second-order valence-electron chi connectivity index (χ2n) is 6.89. The maximum atomic E-state index is 12.5. The summed E-state index contributed by atoms with van der Waals surface area (Å²) in [6.07, 6.45) is 7.00. The smallest absolute Gasteiger partial charge is 0.267 e. The van der Waals surface area contributed by atoms with Crippen molar-refractivity contribution < 1.29 is 4.79 Å². The number of carbonyl (C=O) groups excluding carboxylic acids is 1. The van der Waals surface area contributed by atoms with E-state index in [0.29, 0.717) is 0 Å². The highest BCUT2D eigenvalue weighted by Gasteiger charge is 2.34. The summed E-state index contributed by atoms with van der Waals surface area (Å²) in [6, 6.07) is 2.08. The number of thiophene rings is 1. The molecule has 22 heavy (non-hydrogen) atoms. The van der Waals surface area contributed by atoms with Crippen molar-refractivity contribution in [3.8, 4) is 0 Å². The summed E-state index contributed by atoms with van der Waals surface area (Å²) in [4.78, 5) is 20.7. The van der Waals surface area contributed by atoms with Gasteiger partial charge in [-0.2, -0.15) is 0 Å². The van der Waals surface area contributed by atoms with E-state index in [1.807, 2.05) is 0 Å². The highest BCUT2D eigenvalue weighted by molar-refractivity contribution is 7.16. The van der Waals surface area contributed by atoms with Crippen molar-refractivity contribution in [2.75, 3.05) is 5.32 Å². The van der Waals surface area contributed by atoms with E-state index in [2.05, 4.69) is 30.2 Å². The predicted molar refractivity (Wildman–Crippen MR) is 92.4 cm³/mol. The fourth-order valence-electron chi connectivity index (χ4n) is 3.41. The maximum Gasteiger partial charge on any atom is 0.267 e. The zero-order valence-electron chi connectivity index (χ0n) is 13.0. The van der Waals surface area contributed by atoms with Gasteiger partial charge in [0.15, 0.2) is 5.13 Å². The molecule has 0 fully saturated rings. The number of rotatable bonds is 2. The molecule has 2 aromatic rings. The van der Waals surface area contributed by atoms with Gasteiger partial charge in [-0.3, -0.25) is 10.1 Å². The van der Waals surface area contributed by atoms with Gasteiger partial charge in [0.1, 0.15) is 0 Å². The molecule has 2 aliphatic carbocycles. The van der Waals surface area contributed by atoms with Gasteiger partial charge in [-0.15, -0.1) is 22.7 Å². The van der Waals surface area contributed by atoms with Crippen molar-refractivity contribution in [2.45, 2.75) is 57.8 Å². The Kier molecular flexibility index (Phi) is 3.38. The fraction of sp³-hybridized carbons (Fsp3) is 0.529. The molecular formula is C17H20N2OS2. The van der Waals surface area contributed by atoms with Gasteiger partial charge in [-0.05, 0) is 50.2 Å². The zero-order valence-corrected chi connectivity index (χ0v) is 14.6. The third-order valence-electron chi connectivity index (χ3n) is 4.76. The van der Waals surface area contributed by atoms with Crippen LogP contribution in [0.1, 0.15) is 63.8 Å². The van der Waals surface area contributed by atoms with E-state index >= 15 is 0 Å². The molecule has 1 N–H and O–H groups in total. The Morgan fingerprint density at radius 3 is 2.77 bits per heavy atom. The summed E-state index contributed by atoms with van der Waals surface area (Å²) in [6.45, 7) is 4.47. The molecule has 2 aromatic heterocycles. The first-order valence-corrected chi connectivity index (χ1v) is 9.59. The molecule has 4 rings (SSSR count). The normalized spacial score (nSPS) is 18.8. The number of amides is 1. The van der Waals surface area contributed by atoms with Crippen LogP contribution in [0.3, 0.4) is 0 Å². The summed E-state index contributed by atoms with van der Waals surface area (Å²) in [5.74, 6) is 0.00429. The molecule has 0 saturated carbocycles. The van der Waals surface area contributed by atoms with Crippen molar-refractivity contribution in [1.82, 2.24) is 4.98 Å². The van der Waals surface area contributed by atoms with Crippen molar-refractivity contribution >= 4 is 33.7 Å². The van der Waals surface area contributed by atoms with Crippen LogP contribution < -0.4 is 5.32 Å². The molecule has 2 aliphatic rings. The number of fused-ring (bicyclic) bond motifs is 2. The zero-order chi connectivity index (χ0) is 15.3. The van der Waals surface area contributed by atoms with E-state index in [9.17, 15) is 4.79 Å². The predicted octanol–water partition coefficient (Wildman–Crippen LogP) is 4.56. The molecule has 0 saturated heterocycles. The molecule has 0 unspecified atom stereocenters. The van der Waals surface area contributed by atoms with Gasteiger partial charge in [-0.25, -0.2) is 4.98 Å². The number of anilines is 1. The molecule has 0 radical (unpaired) electrons. The Hall–Kier alpha value is -1.20. The Morgan fingerprint density at radius 1 is 1.18 bits per heavy atom. The van der Waals surface area contributed by atoms with Crippen molar-refractivity contribution in [3.05, 3.63) is 32.0 Å². The lowest BCUT2D eigenvalue weighted by Gasteiger charge is -2.15. The average Bonchev–Trinajstić information content (AvgIpc) is 3.14. The summed E-state index contributed by atoms with van der Waals surface area (Å²) in [7, 11) is 0. The number of carbonyl (C=O) groups is 1. The number of aryl methyl sites for hydroxylation is 3.